The second-order valence-electron chi connectivity index (χ2n) is 22.0. The third-order valence-electron chi connectivity index (χ3n) is 10.8. The Morgan fingerprint density at radius 2 is 1.20 bits per heavy atom. The molecule has 0 aliphatic heterocycles. The van der Waals surface area contributed by atoms with Crippen LogP contribution in [0.5, 0.6) is 17.2 Å². The summed E-state index contributed by atoms with van der Waals surface area (Å²) in [6.45, 7) is 22.7. The Morgan fingerprint density at radius 1 is 0.663 bits per heavy atom. The number of carbonyl (C=O) groups excluding carboxylic acids is 9. The van der Waals surface area contributed by atoms with Gasteiger partial charge in [-0.15, -0.1) is 0 Å². The van der Waals surface area contributed by atoms with Gasteiger partial charge in [-0.25, -0.2) is 14.4 Å². The van der Waals surface area contributed by atoms with Crippen molar-refractivity contribution in [3.05, 3.63) is 76.9 Å². The van der Waals surface area contributed by atoms with Gasteiger partial charge in [0, 0.05) is 30.8 Å². The number of hydrogen-bond acceptors (Lipinski definition) is 18. The van der Waals surface area contributed by atoms with Crippen LogP contribution in [0.4, 0.5) is 14.4 Å². The third-order valence-corrected chi connectivity index (χ3v) is 10.8. The van der Waals surface area contributed by atoms with Crippen molar-refractivity contribution in [1.29, 1.82) is 10.5 Å². The Kier molecular flexibility index (Phi) is 33.0. The lowest BCUT2D eigenvalue weighted by Gasteiger charge is -2.29. The van der Waals surface area contributed by atoms with Gasteiger partial charge in [-0.2, -0.15) is 10.5 Å². The molecule has 0 saturated heterocycles. The molecule has 0 aromatic heterocycles. The fourth-order valence-corrected chi connectivity index (χ4v) is 7.03. The van der Waals surface area contributed by atoms with Crippen LogP contribution in [0.3, 0.4) is 0 Å². The highest BCUT2D eigenvalue weighted by molar-refractivity contribution is 5.99. The number of alkyl carbamates (subject to hydrolysis) is 3. The quantitative estimate of drug-likeness (QED) is 0.0214. The van der Waals surface area contributed by atoms with Crippen LogP contribution in [0, 0.1) is 29.6 Å². The molecule has 26 heteroatoms. The Labute approximate surface area is 504 Å². The molecule has 0 bridgehead atoms. The topological polar surface area (TPSA) is 356 Å². The second kappa shape index (κ2) is 37.9. The van der Waals surface area contributed by atoms with Gasteiger partial charge in [0.25, 0.3) is 11.8 Å². The molecule has 0 aliphatic rings. The van der Waals surface area contributed by atoms with E-state index in [1.807, 2.05) is 53.8 Å². The zero-order valence-corrected chi connectivity index (χ0v) is 52.1. The number of nitrogens with zero attached hydrogens (tertiary/aromatic N) is 3. The normalized spacial score (nSPS) is 11.7. The van der Waals surface area contributed by atoms with Gasteiger partial charge in [0.1, 0.15) is 72.7 Å². The van der Waals surface area contributed by atoms with Crippen LogP contribution in [0.15, 0.2) is 54.6 Å². The molecule has 0 saturated carbocycles. The van der Waals surface area contributed by atoms with Crippen LogP contribution in [0.2, 0.25) is 0 Å². The van der Waals surface area contributed by atoms with Gasteiger partial charge in [0.2, 0.25) is 18.2 Å². The van der Waals surface area contributed by atoms with Crippen molar-refractivity contribution >= 4 is 54.6 Å². The Morgan fingerprint density at radius 3 is 1.69 bits per heavy atom. The highest BCUT2D eigenvalue weighted by Gasteiger charge is 2.32. The summed E-state index contributed by atoms with van der Waals surface area (Å²) < 4.78 is 33.9. The highest BCUT2D eigenvalue weighted by atomic mass is 16.6. The number of nitriles is 2. The Hall–Kier alpha value is -9.17. The molecule has 8 N–H and O–H groups in total. The third kappa shape index (κ3) is 30.9. The molecule has 472 valence electrons. The zero-order chi connectivity index (χ0) is 65.2. The van der Waals surface area contributed by atoms with Crippen molar-refractivity contribution < 1.29 is 71.6 Å². The first-order chi connectivity index (χ1) is 40.3. The smallest absolute Gasteiger partial charge is 0.407 e. The number of amides is 8. The lowest BCUT2D eigenvalue weighted by Crippen LogP contribution is -2.47. The van der Waals surface area contributed by atoms with E-state index in [1.165, 1.54) is 20.0 Å². The van der Waals surface area contributed by atoms with Crippen molar-refractivity contribution in [2.45, 2.75) is 131 Å². The van der Waals surface area contributed by atoms with E-state index in [0.29, 0.717) is 48.3 Å². The standard InChI is InChI=1S/C50H68N8O12.C7H15NO2.C3H4N2O/c1-31-12-15-36(41(24-31)68-30-42(60)53-19-18-51)45(62)56-28-43(61)58(11)44(46(63)57-33(3)29-59)35-14-17-40(67-23-21-55-48(65)70-50(7,8)9)38(27-35)37-26-34(25-32(2)52-10)13-16-39(37)66-22-20-54-47(64)69-49(4,5)6;1-5-8-6(9)10-7(2,3)4;4-1-2-5-3-6/h12-17,24,26-27,29,32-33,44,52H,19-23,25,28,30H2,1-11H3,(H,53,60)(H,54,64)(H,55,65)(H,56,62)(H,57,63);5H2,1-4H3,(H,8,9);3H,2H2,(H,5,6)/t32?,33-,44?;;/m0../s1. The first-order valence-electron chi connectivity index (χ1n) is 27.6. The summed E-state index contributed by atoms with van der Waals surface area (Å²) in [6.07, 6.45) is 0.0223. The van der Waals surface area contributed by atoms with Crippen molar-refractivity contribution in [3.8, 4) is 40.5 Å². The van der Waals surface area contributed by atoms with Crippen molar-refractivity contribution in [2.75, 3.05) is 73.2 Å². The Bertz CT molecular complexity index is 2810. The molecule has 3 aromatic rings. The number of rotatable bonds is 27. The molecule has 0 aliphatic carbocycles. The maximum atomic E-state index is 14.2. The molecule has 0 radical (unpaired) electrons. The molecular formula is C60H87N11O15. The van der Waals surface area contributed by atoms with E-state index in [2.05, 4.69) is 42.5 Å². The van der Waals surface area contributed by atoms with Crippen LogP contribution < -0.4 is 56.7 Å². The molecule has 0 fully saturated rings. The number of aryl methyl sites for hydroxylation is 1. The average Bonchev–Trinajstić information content (AvgIpc) is 1.95. The van der Waals surface area contributed by atoms with Gasteiger partial charge in [-0.05, 0) is 157 Å². The fourth-order valence-electron chi connectivity index (χ4n) is 7.03. The molecule has 8 amide bonds. The van der Waals surface area contributed by atoms with Gasteiger partial charge in [0.15, 0.2) is 6.61 Å². The van der Waals surface area contributed by atoms with Crippen molar-refractivity contribution in [2.24, 2.45) is 0 Å². The summed E-state index contributed by atoms with van der Waals surface area (Å²) in [5.74, 6) is -1.95. The minimum atomic E-state index is -1.38. The molecule has 26 nitrogen and oxygen atoms in total. The van der Waals surface area contributed by atoms with E-state index in [1.54, 1.807) is 97.0 Å². The van der Waals surface area contributed by atoms with Crippen LogP contribution in [0.1, 0.15) is 116 Å². The molecule has 3 rings (SSSR count). The number of carbonyl (C=O) groups is 9. The van der Waals surface area contributed by atoms with E-state index in [-0.39, 0.29) is 74.0 Å². The second-order valence-corrected chi connectivity index (χ2v) is 22.0. The average molecular weight is 1200 g/mol. The molecule has 2 unspecified atom stereocenters. The number of ether oxygens (including phenoxy) is 6. The summed E-state index contributed by atoms with van der Waals surface area (Å²) in [6, 6.07) is 16.4. The first kappa shape index (κ1) is 74.8. The van der Waals surface area contributed by atoms with Gasteiger partial charge < -0.3 is 80.6 Å². The number of hydrogen-bond donors (Lipinski definition) is 8. The lowest BCUT2D eigenvalue weighted by atomic mass is 9.94. The van der Waals surface area contributed by atoms with E-state index < -0.39 is 72.3 Å². The molecule has 0 heterocycles. The van der Waals surface area contributed by atoms with E-state index >= 15 is 0 Å². The van der Waals surface area contributed by atoms with E-state index in [4.69, 9.17) is 38.9 Å². The van der Waals surface area contributed by atoms with Gasteiger partial charge in [-0.3, -0.25) is 24.0 Å². The maximum Gasteiger partial charge on any atom is 0.407 e. The number of aldehydes is 1. The molecular weight excluding hydrogens is 1110 g/mol. The van der Waals surface area contributed by atoms with Crippen molar-refractivity contribution in [3.63, 3.8) is 0 Å². The fraction of sp³-hybridized carbons (Fsp3) is 0.517. The summed E-state index contributed by atoms with van der Waals surface area (Å²) in [7, 11) is 3.22. The van der Waals surface area contributed by atoms with Crippen LogP contribution in [0.25, 0.3) is 11.1 Å². The van der Waals surface area contributed by atoms with E-state index in [9.17, 15) is 43.2 Å². The zero-order valence-electron chi connectivity index (χ0n) is 52.1. The van der Waals surface area contributed by atoms with Crippen LogP contribution in [-0.2, 0) is 44.6 Å². The largest absolute Gasteiger partial charge is 0.491 e. The summed E-state index contributed by atoms with van der Waals surface area (Å²) in [4.78, 5) is 112. The summed E-state index contributed by atoms with van der Waals surface area (Å²) >= 11 is 0. The maximum absolute atomic E-state index is 14.2. The predicted molar refractivity (Wildman–Crippen MR) is 320 cm³/mol. The van der Waals surface area contributed by atoms with Crippen molar-refractivity contribution in [1.82, 2.24) is 47.4 Å². The number of benzene rings is 3. The number of likely N-dealkylation sites (N-methyl/N-ethyl adjacent to an activating group) is 2. The predicted octanol–water partition coefficient (Wildman–Crippen LogP) is 5.06. The molecule has 3 atom stereocenters. The summed E-state index contributed by atoms with van der Waals surface area (Å²) in [5, 5.41) is 37.4. The van der Waals surface area contributed by atoms with E-state index in [0.717, 1.165) is 16.0 Å². The Balaban J connectivity index is 0.00000201. The summed E-state index contributed by atoms with van der Waals surface area (Å²) in [5.41, 5.74) is 1.05. The monoisotopic (exact) mass is 1200 g/mol. The van der Waals surface area contributed by atoms with Crippen LogP contribution >= 0.6 is 0 Å². The van der Waals surface area contributed by atoms with Gasteiger partial charge >= 0.3 is 18.3 Å². The highest BCUT2D eigenvalue weighted by Crippen LogP contribution is 2.40. The lowest BCUT2D eigenvalue weighted by molar-refractivity contribution is -0.139. The van der Waals surface area contributed by atoms with Gasteiger partial charge in [0.05, 0.1) is 43.4 Å². The molecule has 86 heavy (non-hydrogen) atoms. The van der Waals surface area contributed by atoms with Crippen LogP contribution in [-0.4, -0.2) is 162 Å². The minimum Gasteiger partial charge on any atom is -0.491 e. The first-order valence-corrected chi connectivity index (χ1v) is 27.6. The SMILES string of the molecule is CCNC(=O)OC(C)(C)C.CNC(C)Cc1ccc(OCCNC(=O)OC(C)(C)C)c(-c2cc(C(C(=O)N[C@@H](C)C=O)N(C)C(=O)CNC(=O)c3ccc(C)cc3OCC(=O)NCC#N)ccc2OCCNC(=O)OC(C)(C)C)c1.N#CCNC=O. The molecule has 0 spiro atoms. The number of nitrogens with one attached hydrogen (secondary N) is 8. The minimum absolute atomic E-state index is 0.0148. The van der Waals surface area contributed by atoms with Gasteiger partial charge in [-0.1, -0.05) is 18.2 Å². The molecule has 3 aromatic carbocycles.